The van der Waals surface area contributed by atoms with E-state index in [9.17, 15) is 9.90 Å². The molecule has 0 fully saturated rings. The Hall–Kier alpha value is -1.69. The van der Waals surface area contributed by atoms with E-state index < -0.39 is 6.10 Å². The highest BCUT2D eigenvalue weighted by Crippen LogP contribution is 2.19. The van der Waals surface area contributed by atoms with Gasteiger partial charge >= 0.3 is 0 Å². The molecular formula is C18H26N2O3. The van der Waals surface area contributed by atoms with Gasteiger partial charge in [-0.1, -0.05) is 12.1 Å². The molecule has 2 rings (SSSR count). The molecular weight excluding hydrogens is 292 g/mol. The summed E-state index contributed by atoms with van der Waals surface area (Å²) in [5.41, 5.74) is 3.66. The average molecular weight is 318 g/mol. The van der Waals surface area contributed by atoms with Gasteiger partial charge in [0.1, 0.15) is 0 Å². The van der Waals surface area contributed by atoms with Gasteiger partial charge in [-0.2, -0.15) is 0 Å². The molecule has 0 aliphatic carbocycles. The van der Waals surface area contributed by atoms with E-state index >= 15 is 0 Å². The Morgan fingerprint density at radius 2 is 1.96 bits per heavy atom. The summed E-state index contributed by atoms with van der Waals surface area (Å²) in [5, 5.41) is 14.0. The fraction of sp³-hybridized carbons (Fsp3) is 0.500. The van der Waals surface area contributed by atoms with Crippen molar-refractivity contribution in [2.24, 2.45) is 0 Å². The van der Waals surface area contributed by atoms with Gasteiger partial charge in [0.2, 0.25) is 0 Å². The Bertz CT molecular complexity index is 722. The van der Waals surface area contributed by atoms with E-state index in [1.54, 1.807) is 0 Å². The first kappa shape index (κ1) is 17.7. The van der Waals surface area contributed by atoms with E-state index in [0.29, 0.717) is 18.7 Å². The van der Waals surface area contributed by atoms with Gasteiger partial charge < -0.3 is 20.1 Å². The van der Waals surface area contributed by atoms with E-state index in [1.165, 1.54) is 0 Å². The van der Waals surface area contributed by atoms with Crippen molar-refractivity contribution in [3.8, 4) is 0 Å². The molecule has 5 heteroatoms. The molecule has 23 heavy (non-hydrogen) atoms. The minimum Gasteiger partial charge on any atom is -0.389 e. The Labute approximate surface area is 136 Å². The summed E-state index contributed by atoms with van der Waals surface area (Å²) in [6.07, 6.45) is -0.486. The summed E-state index contributed by atoms with van der Waals surface area (Å²) in [6, 6.07) is 6.00. The average Bonchev–Trinajstić information content (AvgIpc) is 2.50. The third-order valence-electron chi connectivity index (χ3n) is 3.84. The number of aromatic nitrogens is 1. The third-order valence-corrected chi connectivity index (χ3v) is 3.84. The summed E-state index contributed by atoms with van der Waals surface area (Å²) in [4.78, 5) is 15.2. The van der Waals surface area contributed by atoms with Crippen molar-refractivity contribution in [1.29, 1.82) is 0 Å². The van der Waals surface area contributed by atoms with Crippen LogP contribution in [0.15, 0.2) is 23.0 Å². The highest BCUT2D eigenvalue weighted by Gasteiger charge is 2.09. The predicted molar refractivity (Wildman–Crippen MR) is 92.8 cm³/mol. The molecule has 0 unspecified atom stereocenters. The van der Waals surface area contributed by atoms with Crippen LogP contribution in [0.1, 0.15) is 30.5 Å². The van der Waals surface area contributed by atoms with Crippen molar-refractivity contribution in [2.45, 2.75) is 46.4 Å². The monoisotopic (exact) mass is 318 g/mol. The van der Waals surface area contributed by atoms with Crippen LogP contribution in [0.2, 0.25) is 0 Å². The number of rotatable bonds is 7. The number of aliphatic hydroxyl groups is 1. The molecule has 1 aromatic carbocycles. The number of pyridine rings is 1. The van der Waals surface area contributed by atoms with Crippen LogP contribution >= 0.6 is 0 Å². The normalized spacial score (nSPS) is 13.0. The zero-order valence-electron chi connectivity index (χ0n) is 14.3. The molecule has 1 atom stereocenters. The van der Waals surface area contributed by atoms with Crippen LogP contribution < -0.4 is 10.9 Å². The van der Waals surface area contributed by atoms with Crippen LogP contribution in [-0.2, 0) is 11.3 Å². The number of benzene rings is 1. The SMILES string of the molecule is Cc1ccc(C)c2[nH]c(=O)c(CNC[C@@H](O)COC(C)C)cc12. The van der Waals surface area contributed by atoms with Gasteiger partial charge in [0.05, 0.1) is 24.3 Å². The Morgan fingerprint density at radius 1 is 1.26 bits per heavy atom. The molecule has 5 nitrogen and oxygen atoms in total. The fourth-order valence-corrected chi connectivity index (χ4v) is 2.49. The number of aliphatic hydroxyl groups excluding tert-OH is 1. The highest BCUT2D eigenvalue weighted by atomic mass is 16.5. The summed E-state index contributed by atoms with van der Waals surface area (Å²) in [5.74, 6) is 0. The highest BCUT2D eigenvalue weighted by molar-refractivity contribution is 5.85. The number of H-pyrrole nitrogens is 1. The first-order chi connectivity index (χ1) is 10.9. The second-order valence-electron chi connectivity index (χ2n) is 6.28. The molecule has 0 spiro atoms. The molecule has 1 heterocycles. The van der Waals surface area contributed by atoms with Crippen molar-refractivity contribution in [1.82, 2.24) is 10.3 Å². The lowest BCUT2D eigenvalue weighted by molar-refractivity contribution is 0.00629. The molecule has 0 amide bonds. The molecule has 0 aliphatic rings. The number of hydrogen-bond acceptors (Lipinski definition) is 4. The maximum Gasteiger partial charge on any atom is 0.252 e. The summed E-state index contributed by atoms with van der Waals surface area (Å²) >= 11 is 0. The van der Waals surface area contributed by atoms with E-state index in [-0.39, 0.29) is 18.3 Å². The Morgan fingerprint density at radius 3 is 2.65 bits per heavy atom. The van der Waals surface area contributed by atoms with Crippen LogP contribution in [0, 0.1) is 13.8 Å². The zero-order chi connectivity index (χ0) is 17.0. The van der Waals surface area contributed by atoms with Gasteiger partial charge in [0.15, 0.2) is 0 Å². The maximum absolute atomic E-state index is 12.2. The molecule has 0 radical (unpaired) electrons. The molecule has 0 saturated carbocycles. The minimum atomic E-state index is -0.582. The fourth-order valence-electron chi connectivity index (χ4n) is 2.49. The smallest absolute Gasteiger partial charge is 0.252 e. The van der Waals surface area contributed by atoms with E-state index in [0.717, 1.165) is 22.0 Å². The summed E-state index contributed by atoms with van der Waals surface area (Å²) in [6.45, 7) is 8.97. The third kappa shape index (κ3) is 4.64. The second-order valence-corrected chi connectivity index (χ2v) is 6.28. The molecule has 126 valence electrons. The quantitative estimate of drug-likeness (QED) is 0.730. The maximum atomic E-state index is 12.2. The van der Waals surface area contributed by atoms with Gasteiger partial charge in [0, 0.05) is 24.0 Å². The first-order valence-corrected chi connectivity index (χ1v) is 8.01. The van der Waals surface area contributed by atoms with Gasteiger partial charge in [0.25, 0.3) is 5.56 Å². The summed E-state index contributed by atoms with van der Waals surface area (Å²) < 4.78 is 5.36. The summed E-state index contributed by atoms with van der Waals surface area (Å²) in [7, 11) is 0. The Balaban J connectivity index is 2.05. The molecule has 0 saturated heterocycles. The molecule has 2 aromatic rings. The molecule has 3 N–H and O–H groups in total. The second kappa shape index (κ2) is 7.73. The number of aryl methyl sites for hydroxylation is 2. The van der Waals surface area contributed by atoms with Crippen LogP contribution in [-0.4, -0.2) is 35.5 Å². The lowest BCUT2D eigenvalue weighted by Crippen LogP contribution is -2.32. The van der Waals surface area contributed by atoms with Gasteiger partial charge in [-0.05, 0) is 44.9 Å². The van der Waals surface area contributed by atoms with Crippen LogP contribution in [0.3, 0.4) is 0 Å². The van der Waals surface area contributed by atoms with Crippen molar-refractivity contribution in [3.63, 3.8) is 0 Å². The number of ether oxygens (including phenoxy) is 1. The number of hydrogen-bond donors (Lipinski definition) is 3. The molecule has 1 aromatic heterocycles. The van der Waals surface area contributed by atoms with Gasteiger partial charge in [-0.3, -0.25) is 4.79 Å². The number of aromatic amines is 1. The Kier molecular flexibility index (Phi) is 5.93. The predicted octanol–water partition coefficient (Wildman–Crippen LogP) is 2.02. The standard InChI is InChI=1S/C18H26N2O3/c1-11(2)23-10-15(21)9-19-8-14-7-16-12(3)5-6-13(4)17(16)20-18(14)22/h5-7,11,15,19,21H,8-10H2,1-4H3,(H,20,22)/t15-/m1/s1. The van der Waals surface area contributed by atoms with Gasteiger partial charge in [-0.25, -0.2) is 0 Å². The van der Waals surface area contributed by atoms with Gasteiger partial charge in [-0.15, -0.1) is 0 Å². The van der Waals surface area contributed by atoms with E-state index in [2.05, 4.69) is 16.4 Å². The van der Waals surface area contributed by atoms with Crippen molar-refractivity contribution >= 4 is 10.9 Å². The first-order valence-electron chi connectivity index (χ1n) is 8.01. The minimum absolute atomic E-state index is 0.0911. The lowest BCUT2D eigenvalue weighted by Gasteiger charge is -2.14. The molecule has 0 bridgehead atoms. The van der Waals surface area contributed by atoms with Crippen molar-refractivity contribution < 1.29 is 9.84 Å². The number of nitrogens with one attached hydrogen (secondary N) is 2. The topological polar surface area (TPSA) is 74.4 Å². The number of fused-ring (bicyclic) bond motifs is 1. The lowest BCUT2D eigenvalue weighted by atomic mass is 10.0. The van der Waals surface area contributed by atoms with Crippen LogP contribution in [0.5, 0.6) is 0 Å². The van der Waals surface area contributed by atoms with Crippen LogP contribution in [0.25, 0.3) is 10.9 Å². The van der Waals surface area contributed by atoms with Crippen molar-refractivity contribution in [3.05, 3.63) is 45.2 Å². The largest absolute Gasteiger partial charge is 0.389 e. The van der Waals surface area contributed by atoms with Crippen molar-refractivity contribution in [2.75, 3.05) is 13.2 Å². The van der Waals surface area contributed by atoms with E-state index in [4.69, 9.17) is 4.74 Å². The molecule has 0 aliphatic heterocycles. The van der Waals surface area contributed by atoms with E-state index in [1.807, 2.05) is 39.8 Å². The zero-order valence-corrected chi connectivity index (χ0v) is 14.3. The van der Waals surface area contributed by atoms with Crippen LogP contribution in [0.4, 0.5) is 0 Å².